The molecule has 9 heteroatoms. The highest BCUT2D eigenvalue weighted by Gasteiger charge is 2.15. The van der Waals surface area contributed by atoms with Gasteiger partial charge >= 0.3 is 5.97 Å². The van der Waals surface area contributed by atoms with Gasteiger partial charge in [-0.05, 0) is 83.5 Å². The van der Waals surface area contributed by atoms with Gasteiger partial charge in [0.1, 0.15) is 0 Å². The molecule has 0 spiro atoms. The highest BCUT2D eigenvalue weighted by atomic mass is 127. The Labute approximate surface area is 188 Å². The zero-order valence-corrected chi connectivity index (χ0v) is 19.3. The van der Waals surface area contributed by atoms with Gasteiger partial charge in [-0.2, -0.15) is 0 Å². The molecule has 0 fully saturated rings. The van der Waals surface area contributed by atoms with Crippen LogP contribution in [0.5, 0.6) is 11.5 Å². The van der Waals surface area contributed by atoms with Crippen molar-refractivity contribution in [3.63, 3.8) is 0 Å². The van der Waals surface area contributed by atoms with Gasteiger partial charge in [-0.25, -0.2) is 14.2 Å². The van der Waals surface area contributed by atoms with E-state index in [9.17, 15) is 9.59 Å². The fraction of sp³-hybridized carbons (Fsp3) is 0.190. The lowest BCUT2D eigenvalue weighted by atomic mass is 10.1. The second kappa shape index (κ2) is 7.88. The number of carbonyl (C=O) groups is 1. The third-order valence-corrected chi connectivity index (χ3v) is 6.51. The van der Waals surface area contributed by atoms with E-state index in [4.69, 9.17) is 14.6 Å². The van der Waals surface area contributed by atoms with Crippen LogP contribution >= 0.6 is 33.9 Å². The van der Waals surface area contributed by atoms with Crippen LogP contribution in [-0.2, 0) is 4.79 Å². The summed E-state index contributed by atoms with van der Waals surface area (Å²) < 4.78 is 13.6. The average Bonchev–Trinajstić information content (AvgIpc) is 3.17. The number of fused-ring (bicyclic) bond motifs is 3. The zero-order chi connectivity index (χ0) is 21.6. The summed E-state index contributed by atoms with van der Waals surface area (Å²) in [6, 6.07) is 7.51. The second-order valence-electron chi connectivity index (χ2n) is 6.79. The number of aromatic nitrogens is 2. The summed E-state index contributed by atoms with van der Waals surface area (Å²) in [5.74, 6) is -0.309. The lowest BCUT2D eigenvalue weighted by molar-refractivity contribution is -0.139. The molecule has 1 N–H and O–H groups in total. The normalized spacial score (nSPS) is 12.1. The number of halogens is 1. The monoisotopic (exact) mass is 536 g/mol. The summed E-state index contributed by atoms with van der Waals surface area (Å²) in [7, 11) is 1.48. The van der Waals surface area contributed by atoms with Crippen LogP contribution in [0.25, 0.3) is 22.1 Å². The summed E-state index contributed by atoms with van der Waals surface area (Å²) in [6.45, 7) is 3.58. The number of hydrogen-bond acceptors (Lipinski definition) is 6. The molecule has 0 bridgehead atoms. The Balaban J connectivity index is 1.84. The zero-order valence-electron chi connectivity index (χ0n) is 16.4. The Morgan fingerprint density at radius 3 is 2.70 bits per heavy atom. The fourth-order valence-corrected chi connectivity index (χ4v) is 4.93. The first kappa shape index (κ1) is 20.6. The minimum atomic E-state index is -1.07. The Bertz CT molecular complexity index is 1420. The van der Waals surface area contributed by atoms with E-state index in [1.807, 2.05) is 32.0 Å². The molecule has 2 aromatic carbocycles. The van der Waals surface area contributed by atoms with Crippen molar-refractivity contribution in [1.29, 1.82) is 0 Å². The van der Waals surface area contributed by atoms with Crippen LogP contribution in [0.3, 0.4) is 0 Å². The van der Waals surface area contributed by atoms with Crippen molar-refractivity contribution < 1.29 is 19.4 Å². The minimum absolute atomic E-state index is 0.124. The first-order valence-corrected chi connectivity index (χ1v) is 10.8. The molecule has 0 unspecified atom stereocenters. The molecule has 7 nitrogen and oxygen atoms in total. The number of imidazole rings is 1. The van der Waals surface area contributed by atoms with Gasteiger partial charge in [0.05, 0.1) is 26.2 Å². The molecule has 154 valence electrons. The number of benzene rings is 2. The smallest absolute Gasteiger partial charge is 0.341 e. The number of methoxy groups -OCH3 is 1. The fourth-order valence-electron chi connectivity index (χ4n) is 3.17. The predicted octanol–water partition coefficient (Wildman–Crippen LogP) is 3.15. The van der Waals surface area contributed by atoms with E-state index in [2.05, 4.69) is 27.6 Å². The molecule has 0 atom stereocenters. The summed E-state index contributed by atoms with van der Waals surface area (Å²) in [5, 5.41) is 8.85. The molecular weight excluding hydrogens is 519 g/mol. The van der Waals surface area contributed by atoms with Gasteiger partial charge in [0.2, 0.25) is 0 Å². The Morgan fingerprint density at radius 2 is 2.00 bits per heavy atom. The Hall–Kier alpha value is -2.66. The third-order valence-electron chi connectivity index (χ3n) is 4.74. The van der Waals surface area contributed by atoms with Crippen LogP contribution in [0.15, 0.2) is 29.1 Å². The van der Waals surface area contributed by atoms with Gasteiger partial charge in [-0.15, -0.1) is 0 Å². The number of thiazole rings is 1. The van der Waals surface area contributed by atoms with Crippen molar-refractivity contribution >= 4 is 62.0 Å². The van der Waals surface area contributed by atoms with E-state index in [-0.39, 0.29) is 5.56 Å². The van der Waals surface area contributed by atoms with Crippen molar-refractivity contribution in [3.8, 4) is 11.5 Å². The van der Waals surface area contributed by atoms with Gasteiger partial charge in [0, 0.05) is 0 Å². The van der Waals surface area contributed by atoms with Gasteiger partial charge in [0.15, 0.2) is 23.1 Å². The van der Waals surface area contributed by atoms with E-state index >= 15 is 0 Å². The van der Waals surface area contributed by atoms with E-state index in [1.165, 1.54) is 18.4 Å². The lowest BCUT2D eigenvalue weighted by Crippen LogP contribution is -2.22. The quantitative estimate of drug-likeness (QED) is 0.395. The molecule has 0 aliphatic heterocycles. The Morgan fingerprint density at radius 1 is 1.27 bits per heavy atom. The van der Waals surface area contributed by atoms with Gasteiger partial charge in [0.25, 0.3) is 5.56 Å². The summed E-state index contributed by atoms with van der Waals surface area (Å²) in [6.07, 6.45) is 1.78. The first-order valence-electron chi connectivity index (χ1n) is 8.94. The van der Waals surface area contributed by atoms with E-state index in [0.29, 0.717) is 24.6 Å². The van der Waals surface area contributed by atoms with Crippen molar-refractivity contribution in [3.05, 3.63) is 59.4 Å². The largest absolute Gasteiger partial charge is 0.493 e. The molecule has 0 aliphatic rings. The SMILES string of the molecule is COc1cc(/C=c2/sc3nc4cc(C)c(C)cc4n3c2=O)cc(I)c1OCC(=O)O. The van der Waals surface area contributed by atoms with Crippen LogP contribution in [0, 0.1) is 17.4 Å². The topological polar surface area (TPSA) is 90.1 Å². The number of rotatable bonds is 5. The Kier molecular flexibility index (Phi) is 5.41. The third kappa shape index (κ3) is 3.63. The molecule has 0 radical (unpaired) electrons. The maximum Gasteiger partial charge on any atom is 0.341 e. The molecule has 2 aromatic heterocycles. The first-order chi connectivity index (χ1) is 14.3. The van der Waals surface area contributed by atoms with Crippen molar-refractivity contribution in [2.45, 2.75) is 13.8 Å². The predicted molar refractivity (Wildman–Crippen MR) is 124 cm³/mol. The number of carboxylic acid groups (broad SMARTS) is 1. The van der Waals surface area contributed by atoms with Crippen LogP contribution in [-0.4, -0.2) is 34.2 Å². The average molecular weight is 536 g/mol. The number of ether oxygens (including phenoxy) is 2. The molecule has 0 aliphatic carbocycles. The maximum absolute atomic E-state index is 13.1. The molecule has 0 amide bonds. The molecule has 30 heavy (non-hydrogen) atoms. The van der Waals surface area contributed by atoms with Crippen molar-refractivity contribution in [2.75, 3.05) is 13.7 Å². The van der Waals surface area contributed by atoms with Crippen LogP contribution < -0.4 is 19.6 Å². The summed E-state index contributed by atoms with van der Waals surface area (Å²) in [5.41, 5.74) is 4.48. The standard InChI is InChI=1S/C21H17IN2O5S/c1-10-4-14-15(5-11(10)2)24-20(27)17(30-21(24)23-14)8-12-6-13(22)19(16(7-12)28-3)29-9-18(25)26/h4-8H,9H2,1-3H3,(H,25,26)/b17-8+. The molecule has 4 rings (SSSR count). The molecule has 4 aromatic rings. The molecular formula is C21H17IN2O5S. The minimum Gasteiger partial charge on any atom is -0.493 e. The van der Waals surface area contributed by atoms with Crippen LogP contribution in [0.2, 0.25) is 0 Å². The van der Waals surface area contributed by atoms with Gasteiger partial charge < -0.3 is 14.6 Å². The number of nitrogens with zero attached hydrogens (tertiary/aromatic N) is 2. The van der Waals surface area contributed by atoms with Crippen LogP contribution in [0.4, 0.5) is 0 Å². The summed E-state index contributed by atoms with van der Waals surface area (Å²) >= 11 is 3.38. The van der Waals surface area contributed by atoms with Gasteiger partial charge in [-0.3, -0.25) is 4.79 Å². The number of aliphatic carboxylic acids is 1. The van der Waals surface area contributed by atoms with Crippen LogP contribution in [0.1, 0.15) is 16.7 Å². The van der Waals surface area contributed by atoms with Crippen molar-refractivity contribution in [2.24, 2.45) is 0 Å². The summed E-state index contributed by atoms with van der Waals surface area (Å²) in [4.78, 5) is 29.1. The van der Waals surface area contributed by atoms with E-state index in [1.54, 1.807) is 16.5 Å². The van der Waals surface area contributed by atoms with E-state index in [0.717, 1.165) is 27.7 Å². The lowest BCUT2D eigenvalue weighted by Gasteiger charge is -2.12. The van der Waals surface area contributed by atoms with Gasteiger partial charge in [-0.1, -0.05) is 11.3 Å². The molecule has 2 heterocycles. The van der Waals surface area contributed by atoms with Crippen molar-refractivity contribution in [1.82, 2.24) is 9.38 Å². The van der Waals surface area contributed by atoms with E-state index < -0.39 is 12.6 Å². The number of aryl methyl sites for hydroxylation is 2. The highest BCUT2D eigenvalue weighted by molar-refractivity contribution is 14.1. The highest BCUT2D eigenvalue weighted by Crippen LogP contribution is 2.34. The number of hydrogen-bond donors (Lipinski definition) is 1. The molecule has 0 saturated carbocycles. The second-order valence-corrected chi connectivity index (χ2v) is 8.96. The maximum atomic E-state index is 13.1. The number of carboxylic acids is 1. The molecule has 0 saturated heterocycles.